The molecule has 2 aromatic carbocycles. The molecule has 0 bridgehead atoms. The lowest BCUT2D eigenvalue weighted by Crippen LogP contribution is -2.25. The number of pyridine rings is 1. The van der Waals surface area contributed by atoms with Crippen LogP contribution >= 0.6 is 0 Å². The quantitative estimate of drug-likeness (QED) is 0.409. The number of hydrogen-bond donors (Lipinski definition) is 1. The second kappa shape index (κ2) is 10.4. The van der Waals surface area contributed by atoms with Crippen LogP contribution in [0.15, 0.2) is 42.6 Å². The Morgan fingerprint density at radius 1 is 1.08 bits per heavy atom. The fourth-order valence-electron chi connectivity index (χ4n) is 6.54. The lowest BCUT2D eigenvalue weighted by Gasteiger charge is -2.24. The minimum absolute atomic E-state index is 0.0552. The summed E-state index contributed by atoms with van der Waals surface area (Å²) in [5.41, 5.74) is 9.95. The largest absolute Gasteiger partial charge is 0.491 e. The molecular weight excluding hydrogens is 478 g/mol. The zero-order valence-electron chi connectivity index (χ0n) is 22.2. The van der Waals surface area contributed by atoms with Gasteiger partial charge in [-0.2, -0.15) is 0 Å². The highest BCUT2D eigenvalue weighted by molar-refractivity contribution is 5.76. The fraction of sp³-hybridized carbons (Fsp3) is 0.438. The van der Waals surface area contributed by atoms with Crippen LogP contribution in [0.2, 0.25) is 0 Å². The van der Waals surface area contributed by atoms with Crippen LogP contribution < -0.4 is 9.47 Å². The van der Waals surface area contributed by atoms with E-state index >= 15 is 0 Å². The summed E-state index contributed by atoms with van der Waals surface area (Å²) in [7, 11) is 0. The van der Waals surface area contributed by atoms with Gasteiger partial charge in [-0.3, -0.25) is 9.78 Å². The van der Waals surface area contributed by atoms with Gasteiger partial charge in [0.15, 0.2) is 0 Å². The molecule has 2 atom stereocenters. The molecule has 2 aliphatic heterocycles. The van der Waals surface area contributed by atoms with Gasteiger partial charge in [-0.1, -0.05) is 18.2 Å². The molecule has 0 spiro atoms. The van der Waals surface area contributed by atoms with Crippen molar-refractivity contribution in [3.63, 3.8) is 0 Å². The summed E-state index contributed by atoms with van der Waals surface area (Å²) in [6.45, 7) is 6.33. The molecule has 1 N–H and O–H groups in total. The Kier molecular flexibility index (Phi) is 6.83. The molecule has 3 aliphatic rings. The molecule has 0 amide bonds. The number of carbonyl (C=O) groups is 1. The van der Waals surface area contributed by atoms with Gasteiger partial charge in [0, 0.05) is 25.0 Å². The molecule has 0 radical (unpaired) electrons. The van der Waals surface area contributed by atoms with Crippen LogP contribution in [0.5, 0.6) is 11.5 Å². The SMILES string of the molecule is Cc1cc(OC2CCOCC2)cc(C)c1-c1cccc2c1CC[C@H]2Cc1cnc2c(c1)OCC2CC(=O)O. The molecule has 0 saturated carbocycles. The van der Waals surface area contributed by atoms with Crippen molar-refractivity contribution < 1.29 is 24.1 Å². The first-order chi connectivity index (χ1) is 18.5. The number of aliphatic carboxylic acids is 1. The third-order valence-corrected chi connectivity index (χ3v) is 8.31. The Balaban J connectivity index is 1.22. The fourth-order valence-corrected chi connectivity index (χ4v) is 6.54. The van der Waals surface area contributed by atoms with E-state index < -0.39 is 5.97 Å². The lowest BCUT2D eigenvalue weighted by molar-refractivity contribution is -0.137. The molecule has 3 heterocycles. The number of benzene rings is 2. The number of aryl methyl sites for hydroxylation is 2. The summed E-state index contributed by atoms with van der Waals surface area (Å²) in [6, 6.07) is 13.2. The van der Waals surface area contributed by atoms with Gasteiger partial charge in [0.1, 0.15) is 17.6 Å². The van der Waals surface area contributed by atoms with Gasteiger partial charge >= 0.3 is 5.97 Å². The van der Waals surface area contributed by atoms with E-state index in [9.17, 15) is 4.79 Å². The molecule has 3 aromatic rings. The number of aromatic nitrogens is 1. The summed E-state index contributed by atoms with van der Waals surface area (Å²) < 4.78 is 17.6. The Labute approximate surface area is 224 Å². The average molecular weight is 514 g/mol. The Bertz CT molecular complexity index is 1340. The number of fused-ring (bicyclic) bond motifs is 2. The van der Waals surface area contributed by atoms with Crippen molar-refractivity contribution >= 4 is 5.97 Å². The lowest BCUT2D eigenvalue weighted by atomic mass is 9.88. The van der Waals surface area contributed by atoms with E-state index in [0.29, 0.717) is 12.5 Å². The van der Waals surface area contributed by atoms with Crippen molar-refractivity contribution in [2.45, 2.75) is 70.3 Å². The van der Waals surface area contributed by atoms with Gasteiger partial charge < -0.3 is 19.3 Å². The first-order valence-corrected chi connectivity index (χ1v) is 13.8. The second-order valence-corrected chi connectivity index (χ2v) is 11.0. The molecule has 6 heteroatoms. The normalized spacial score (nSPS) is 20.6. The summed E-state index contributed by atoms with van der Waals surface area (Å²) in [4.78, 5) is 15.8. The number of carboxylic acid groups (broad SMARTS) is 1. The topological polar surface area (TPSA) is 77.9 Å². The predicted molar refractivity (Wildman–Crippen MR) is 145 cm³/mol. The third-order valence-electron chi connectivity index (χ3n) is 8.31. The van der Waals surface area contributed by atoms with Crippen LogP contribution in [-0.4, -0.2) is 42.0 Å². The number of nitrogens with zero attached hydrogens (tertiary/aromatic N) is 1. The van der Waals surface area contributed by atoms with E-state index in [-0.39, 0.29) is 18.4 Å². The maximum Gasteiger partial charge on any atom is 0.304 e. The zero-order valence-corrected chi connectivity index (χ0v) is 22.2. The van der Waals surface area contributed by atoms with E-state index in [1.165, 1.54) is 33.4 Å². The molecule has 6 rings (SSSR count). The Hall–Kier alpha value is -3.38. The van der Waals surface area contributed by atoms with Crippen molar-refractivity contribution in [1.29, 1.82) is 0 Å². The monoisotopic (exact) mass is 513 g/mol. The Morgan fingerprint density at radius 2 is 1.87 bits per heavy atom. The van der Waals surface area contributed by atoms with Crippen molar-refractivity contribution in [1.82, 2.24) is 4.98 Å². The number of rotatable bonds is 7. The van der Waals surface area contributed by atoms with Crippen molar-refractivity contribution in [2.24, 2.45) is 0 Å². The number of ether oxygens (including phenoxy) is 3. The molecule has 6 nitrogen and oxygen atoms in total. The van der Waals surface area contributed by atoms with Crippen molar-refractivity contribution in [3.05, 3.63) is 76.1 Å². The molecule has 1 aromatic heterocycles. The molecule has 1 fully saturated rings. The van der Waals surface area contributed by atoms with Crippen LogP contribution in [0.25, 0.3) is 11.1 Å². The minimum Gasteiger partial charge on any atom is -0.491 e. The smallest absolute Gasteiger partial charge is 0.304 e. The van der Waals surface area contributed by atoms with E-state index in [2.05, 4.69) is 55.2 Å². The number of hydrogen-bond acceptors (Lipinski definition) is 5. The van der Waals surface area contributed by atoms with Crippen LogP contribution in [0, 0.1) is 13.8 Å². The van der Waals surface area contributed by atoms with Crippen molar-refractivity contribution in [2.75, 3.05) is 19.8 Å². The molecule has 1 aliphatic carbocycles. The Morgan fingerprint density at radius 3 is 2.63 bits per heavy atom. The van der Waals surface area contributed by atoms with E-state index in [1.54, 1.807) is 0 Å². The van der Waals surface area contributed by atoms with Gasteiger partial charge in [0.05, 0.1) is 31.9 Å². The summed E-state index contributed by atoms with van der Waals surface area (Å²) in [5.74, 6) is 1.15. The highest BCUT2D eigenvalue weighted by Crippen LogP contribution is 2.43. The van der Waals surface area contributed by atoms with Gasteiger partial charge in [-0.15, -0.1) is 0 Å². The highest BCUT2D eigenvalue weighted by Gasteiger charge is 2.30. The van der Waals surface area contributed by atoms with Crippen LogP contribution in [0.3, 0.4) is 0 Å². The molecule has 38 heavy (non-hydrogen) atoms. The maximum absolute atomic E-state index is 11.2. The van der Waals surface area contributed by atoms with Crippen LogP contribution in [-0.2, 0) is 22.4 Å². The molecule has 1 unspecified atom stereocenters. The highest BCUT2D eigenvalue weighted by atomic mass is 16.5. The van der Waals surface area contributed by atoms with E-state index in [0.717, 1.165) is 68.1 Å². The average Bonchev–Trinajstić information content (AvgIpc) is 3.48. The van der Waals surface area contributed by atoms with Gasteiger partial charge in [0.25, 0.3) is 0 Å². The predicted octanol–water partition coefficient (Wildman–Crippen LogP) is 6.15. The molecule has 1 saturated heterocycles. The van der Waals surface area contributed by atoms with Gasteiger partial charge in [-0.25, -0.2) is 0 Å². The standard InChI is InChI=1S/C32H35NO5/c1-19-12-25(38-24-8-10-36-11-9-24)13-20(2)31(19)28-5-3-4-26-22(6-7-27(26)28)14-21-15-29-32(33-17-21)23(18-37-29)16-30(34)35/h3-5,12-13,15,17,22-24H,6-11,14,16,18H2,1-2H3,(H,34,35)/t22-,23?/m0/s1. The van der Waals surface area contributed by atoms with Crippen LogP contribution in [0.1, 0.15) is 71.0 Å². The number of carboxylic acids is 1. The van der Waals surface area contributed by atoms with Gasteiger partial charge in [-0.05, 0) is 96.2 Å². The minimum atomic E-state index is -0.817. The first kappa shape index (κ1) is 24.9. The van der Waals surface area contributed by atoms with E-state index in [4.69, 9.17) is 19.3 Å². The maximum atomic E-state index is 11.2. The summed E-state index contributed by atoms with van der Waals surface area (Å²) in [5, 5.41) is 9.16. The molecule has 198 valence electrons. The third kappa shape index (κ3) is 4.90. The van der Waals surface area contributed by atoms with Crippen molar-refractivity contribution in [3.8, 4) is 22.6 Å². The summed E-state index contributed by atoms with van der Waals surface area (Å²) >= 11 is 0. The van der Waals surface area contributed by atoms with Crippen LogP contribution in [0.4, 0.5) is 0 Å². The zero-order chi connectivity index (χ0) is 26.2. The van der Waals surface area contributed by atoms with E-state index in [1.807, 2.05) is 6.20 Å². The first-order valence-electron chi connectivity index (χ1n) is 13.8. The summed E-state index contributed by atoms with van der Waals surface area (Å²) in [6.07, 6.45) is 7.16. The second-order valence-electron chi connectivity index (χ2n) is 11.0. The molecular formula is C32H35NO5. The van der Waals surface area contributed by atoms with Gasteiger partial charge in [0.2, 0.25) is 0 Å².